The van der Waals surface area contributed by atoms with Gasteiger partial charge in [0, 0.05) is 18.4 Å². The smallest absolute Gasteiger partial charge is 0.325 e. The summed E-state index contributed by atoms with van der Waals surface area (Å²) in [5.41, 5.74) is 0.262. The van der Waals surface area contributed by atoms with Crippen LogP contribution in [0.25, 0.3) is 0 Å². The van der Waals surface area contributed by atoms with Crippen LogP contribution in [0.15, 0.2) is 6.20 Å². The number of carbonyl (C=O) groups excluding carboxylic acids is 1. The summed E-state index contributed by atoms with van der Waals surface area (Å²) in [6.07, 6.45) is 1.75. The van der Waals surface area contributed by atoms with Gasteiger partial charge in [-0.15, -0.1) is 0 Å². The molecule has 1 aromatic rings. The molecule has 0 saturated carbocycles. The first kappa shape index (κ1) is 11.7. The number of hydrogen-bond acceptors (Lipinski definition) is 4. The number of aromatic nitrogens is 2. The van der Waals surface area contributed by atoms with Gasteiger partial charge in [-0.05, 0) is 20.8 Å². The molecule has 0 unspecified atom stereocenters. The fourth-order valence-corrected chi connectivity index (χ4v) is 1.21. The van der Waals surface area contributed by atoms with Crippen LogP contribution in [-0.4, -0.2) is 28.6 Å². The number of ether oxygens (including phenoxy) is 1. The predicted octanol–water partition coefficient (Wildman–Crippen LogP) is 0.759. The number of hydrogen-bond donors (Lipinski definition) is 2. The number of nitrogens with one attached hydrogen (secondary N) is 2. The standard InChI is InChI=1S/C10H17N3O2/c1-7-11-5-8(13-7)6-12-10(2,3)9(14)15-4/h5,12H,6H2,1-4H3,(H,11,13). The van der Waals surface area contributed by atoms with E-state index < -0.39 is 5.54 Å². The van der Waals surface area contributed by atoms with Crippen LogP contribution in [0.4, 0.5) is 0 Å². The zero-order chi connectivity index (χ0) is 11.5. The Kier molecular flexibility index (Phi) is 3.47. The first-order valence-electron chi connectivity index (χ1n) is 4.79. The number of rotatable bonds is 4. The van der Waals surface area contributed by atoms with Crippen LogP contribution in [0.3, 0.4) is 0 Å². The van der Waals surface area contributed by atoms with E-state index in [0.717, 1.165) is 11.5 Å². The lowest BCUT2D eigenvalue weighted by Gasteiger charge is -2.22. The summed E-state index contributed by atoms with van der Waals surface area (Å²) in [4.78, 5) is 18.5. The van der Waals surface area contributed by atoms with Crippen molar-refractivity contribution in [2.24, 2.45) is 0 Å². The number of imidazole rings is 1. The molecule has 5 nitrogen and oxygen atoms in total. The highest BCUT2D eigenvalue weighted by Crippen LogP contribution is 2.06. The Morgan fingerprint density at radius 2 is 2.33 bits per heavy atom. The first-order chi connectivity index (χ1) is 6.95. The Morgan fingerprint density at radius 1 is 1.67 bits per heavy atom. The molecule has 0 bridgehead atoms. The number of nitrogens with zero attached hydrogens (tertiary/aromatic N) is 1. The van der Waals surface area contributed by atoms with E-state index in [1.54, 1.807) is 20.0 Å². The maximum Gasteiger partial charge on any atom is 0.325 e. The van der Waals surface area contributed by atoms with E-state index in [9.17, 15) is 4.79 Å². The van der Waals surface area contributed by atoms with E-state index in [0.29, 0.717) is 6.54 Å². The minimum absolute atomic E-state index is 0.279. The second kappa shape index (κ2) is 4.44. The van der Waals surface area contributed by atoms with E-state index >= 15 is 0 Å². The molecule has 0 radical (unpaired) electrons. The van der Waals surface area contributed by atoms with Gasteiger partial charge in [0.05, 0.1) is 7.11 Å². The van der Waals surface area contributed by atoms with E-state index in [4.69, 9.17) is 0 Å². The highest BCUT2D eigenvalue weighted by molar-refractivity contribution is 5.79. The molecular weight excluding hydrogens is 194 g/mol. The lowest BCUT2D eigenvalue weighted by Crippen LogP contribution is -2.47. The van der Waals surface area contributed by atoms with Crippen LogP contribution in [0.5, 0.6) is 0 Å². The molecule has 0 aliphatic heterocycles. The Bertz CT molecular complexity index is 344. The summed E-state index contributed by atoms with van der Waals surface area (Å²) in [6.45, 7) is 6.00. The highest BCUT2D eigenvalue weighted by atomic mass is 16.5. The summed E-state index contributed by atoms with van der Waals surface area (Å²) in [6, 6.07) is 0. The molecule has 0 aromatic carbocycles. The van der Waals surface area contributed by atoms with Crippen molar-refractivity contribution in [2.75, 3.05) is 7.11 Å². The molecule has 5 heteroatoms. The van der Waals surface area contributed by atoms with Gasteiger partial charge in [0.1, 0.15) is 11.4 Å². The zero-order valence-corrected chi connectivity index (χ0v) is 9.55. The molecule has 0 aliphatic rings. The van der Waals surface area contributed by atoms with Crippen molar-refractivity contribution in [3.8, 4) is 0 Å². The number of esters is 1. The lowest BCUT2D eigenvalue weighted by atomic mass is 10.1. The molecule has 1 rings (SSSR count). The molecule has 0 saturated heterocycles. The van der Waals surface area contributed by atoms with Gasteiger partial charge in [0.15, 0.2) is 0 Å². The quantitative estimate of drug-likeness (QED) is 0.721. The minimum Gasteiger partial charge on any atom is -0.468 e. The van der Waals surface area contributed by atoms with Crippen LogP contribution < -0.4 is 5.32 Å². The molecule has 1 heterocycles. The molecule has 0 amide bonds. The lowest BCUT2D eigenvalue weighted by molar-refractivity contribution is -0.147. The average Bonchev–Trinajstić information content (AvgIpc) is 2.60. The van der Waals surface area contributed by atoms with Crippen LogP contribution in [0.1, 0.15) is 25.4 Å². The number of carbonyl (C=O) groups is 1. The summed E-state index contributed by atoms with van der Waals surface area (Å²) in [7, 11) is 1.38. The molecule has 0 fully saturated rings. The molecule has 2 N–H and O–H groups in total. The van der Waals surface area contributed by atoms with Crippen molar-refractivity contribution in [3.63, 3.8) is 0 Å². The number of aryl methyl sites for hydroxylation is 1. The summed E-state index contributed by atoms with van der Waals surface area (Å²) in [5, 5.41) is 3.09. The second-order valence-corrected chi connectivity index (χ2v) is 3.96. The topological polar surface area (TPSA) is 67.0 Å². The van der Waals surface area contributed by atoms with Crippen molar-refractivity contribution in [1.29, 1.82) is 0 Å². The van der Waals surface area contributed by atoms with Crippen molar-refractivity contribution >= 4 is 5.97 Å². The van der Waals surface area contributed by atoms with Crippen molar-refractivity contribution < 1.29 is 9.53 Å². The van der Waals surface area contributed by atoms with E-state index in [1.165, 1.54) is 7.11 Å². The van der Waals surface area contributed by atoms with E-state index in [2.05, 4.69) is 20.0 Å². The van der Waals surface area contributed by atoms with Crippen LogP contribution in [0.2, 0.25) is 0 Å². The number of aromatic amines is 1. The molecule has 1 aromatic heterocycles. The Labute approximate surface area is 89.2 Å². The third-order valence-corrected chi connectivity index (χ3v) is 2.17. The molecule has 0 spiro atoms. The van der Waals surface area contributed by atoms with E-state index in [1.807, 2.05) is 6.92 Å². The highest BCUT2D eigenvalue weighted by Gasteiger charge is 2.27. The largest absolute Gasteiger partial charge is 0.468 e. The Hall–Kier alpha value is -1.36. The van der Waals surface area contributed by atoms with Crippen molar-refractivity contribution in [1.82, 2.24) is 15.3 Å². The van der Waals surface area contributed by atoms with Crippen LogP contribution in [-0.2, 0) is 16.1 Å². The van der Waals surface area contributed by atoms with Gasteiger partial charge in [-0.3, -0.25) is 10.1 Å². The predicted molar refractivity (Wildman–Crippen MR) is 56.3 cm³/mol. The molecule has 15 heavy (non-hydrogen) atoms. The third kappa shape index (κ3) is 3.06. The summed E-state index contributed by atoms with van der Waals surface area (Å²) < 4.78 is 4.68. The van der Waals surface area contributed by atoms with Gasteiger partial charge in [-0.2, -0.15) is 0 Å². The van der Waals surface area contributed by atoms with Gasteiger partial charge < -0.3 is 9.72 Å². The fourth-order valence-electron chi connectivity index (χ4n) is 1.21. The van der Waals surface area contributed by atoms with Crippen molar-refractivity contribution in [2.45, 2.75) is 32.9 Å². The Morgan fingerprint density at radius 3 is 2.80 bits per heavy atom. The maximum absolute atomic E-state index is 11.3. The average molecular weight is 211 g/mol. The van der Waals surface area contributed by atoms with Gasteiger partial charge in [-0.1, -0.05) is 0 Å². The second-order valence-electron chi connectivity index (χ2n) is 3.96. The van der Waals surface area contributed by atoms with Gasteiger partial charge >= 0.3 is 5.97 Å². The van der Waals surface area contributed by atoms with Crippen LogP contribution in [0, 0.1) is 6.92 Å². The monoisotopic (exact) mass is 211 g/mol. The minimum atomic E-state index is -0.687. The first-order valence-corrected chi connectivity index (χ1v) is 4.79. The Balaban J connectivity index is 2.53. The molecule has 0 atom stereocenters. The van der Waals surface area contributed by atoms with Gasteiger partial charge in [0.25, 0.3) is 0 Å². The maximum atomic E-state index is 11.3. The SMILES string of the molecule is COC(=O)C(C)(C)NCc1cnc(C)[nH]1. The molecule has 84 valence electrons. The number of methoxy groups -OCH3 is 1. The summed E-state index contributed by atoms with van der Waals surface area (Å²) in [5.74, 6) is 0.585. The third-order valence-electron chi connectivity index (χ3n) is 2.17. The van der Waals surface area contributed by atoms with Crippen LogP contribution >= 0.6 is 0 Å². The molecular formula is C10H17N3O2. The van der Waals surface area contributed by atoms with E-state index in [-0.39, 0.29) is 5.97 Å². The number of H-pyrrole nitrogens is 1. The summed E-state index contributed by atoms with van der Waals surface area (Å²) >= 11 is 0. The van der Waals surface area contributed by atoms with Crippen molar-refractivity contribution in [3.05, 3.63) is 17.7 Å². The normalized spacial score (nSPS) is 11.5. The fraction of sp³-hybridized carbons (Fsp3) is 0.600. The molecule has 0 aliphatic carbocycles. The van der Waals surface area contributed by atoms with Gasteiger partial charge in [0.2, 0.25) is 0 Å². The zero-order valence-electron chi connectivity index (χ0n) is 9.55. The van der Waals surface area contributed by atoms with Gasteiger partial charge in [-0.25, -0.2) is 4.98 Å².